The molecule has 3 aromatic carbocycles. The minimum Gasteiger partial charge on any atom is -0.487 e. The number of nitrogens with zero attached hydrogens (tertiary/aromatic N) is 1. The number of aryl methyl sites for hydroxylation is 3. The summed E-state index contributed by atoms with van der Waals surface area (Å²) in [5, 5.41) is 2.88. The molecule has 0 bridgehead atoms. The van der Waals surface area contributed by atoms with E-state index in [0.29, 0.717) is 41.9 Å². The quantitative estimate of drug-likeness (QED) is 0.0443. The lowest BCUT2D eigenvalue weighted by atomic mass is 9.76. The van der Waals surface area contributed by atoms with E-state index in [2.05, 4.69) is 48.2 Å². The fourth-order valence-corrected chi connectivity index (χ4v) is 8.97. The number of alkyl halides is 4. The molecule has 1 aromatic heterocycles. The third-order valence-corrected chi connectivity index (χ3v) is 11.8. The summed E-state index contributed by atoms with van der Waals surface area (Å²) in [6.45, 7) is 11.3. The van der Waals surface area contributed by atoms with E-state index in [1.807, 2.05) is 51.1 Å². The maximum Gasteiger partial charge on any atom is 0.340 e. The largest absolute Gasteiger partial charge is 0.487 e. The Bertz CT molecular complexity index is 2230. The van der Waals surface area contributed by atoms with E-state index < -0.39 is 19.0 Å². The van der Waals surface area contributed by atoms with E-state index in [1.165, 1.54) is 6.92 Å². The standard InChI is InChI=1S/C48H56F4N2O4/c1-7-9-14-33(8-2)26-54-42-20-19-34(41(25-53-58-27-32(6)55)36-16-12-13-18-43(36)57-28-48(51,52)47(49)50)23-38(42)39-24-40(35-15-10-11-17-37(35)45(39)54)46(56)44-30(4)21-29(3)22-31(44)5/h10-11,13,15,17-22,24,33-34,41,47,53H,7-9,12,14,16,23,25-28H2,1-6H3. The molecule has 6 rings (SSSR count). The van der Waals surface area contributed by atoms with Crippen LogP contribution in [0.5, 0.6) is 0 Å². The van der Waals surface area contributed by atoms with Crippen LogP contribution in [0.3, 0.4) is 0 Å². The molecule has 0 aliphatic heterocycles. The van der Waals surface area contributed by atoms with E-state index in [-0.39, 0.29) is 42.3 Å². The molecule has 310 valence electrons. The van der Waals surface area contributed by atoms with E-state index in [9.17, 15) is 27.2 Å². The van der Waals surface area contributed by atoms with Gasteiger partial charge in [0.05, 0.1) is 5.52 Å². The van der Waals surface area contributed by atoms with Gasteiger partial charge in [-0.15, -0.1) is 0 Å². The van der Waals surface area contributed by atoms with Crippen molar-refractivity contribution < 1.29 is 36.7 Å². The Balaban J connectivity index is 1.52. The molecule has 1 N–H and O–H groups in total. The highest BCUT2D eigenvalue weighted by Gasteiger charge is 2.42. The van der Waals surface area contributed by atoms with Gasteiger partial charge < -0.3 is 9.30 Å². The molecule has 4 aromatic rings. The number of hydroxylamine groups is 1. The van der Waals surface area contributed by atoms with Crippen molar-refractivity contribution in [2.45, 2.75) is 105 Å². The molecule has 0 radical (unpaired) electrons. The topological polar surface area (TPSA) is 69.6 Å². The summed E-state index contributed by atoms with van der Waals surface area (Å²) in [6, 6.07) is 14.3. The Morgan fingerprint density at radius 3 is 2.40 bits per heavy atom. The molecule has 0 amide bonds. The maximum atomic E-state index is 14.8. The van der Waals surface area contributed by atoms with Crippen molar-refractivity contribution in [3.8, 4) is 0 Å². The van der Waals surface area contributed by atoms with E-state index in [0.717, 1.165) is 81.9 Å². The van der Waals surface area contributed by atoms with Crippen LogP contribution in [0.2, 0.25) is 0 Å². The van der Waals surface area contributed by atoms with E-state index in [4.69, 9.17) is 9.57 Å². The first kappa shape index (κ1) is 43.0. The second-order valence-corrected chi connectivity index (χ2v) is 16.2. The number of hydrogen-bond acceptors (Lipinski definition) is 5. The fourth-order valence-electron chi connectivity index (χ4n) is 8.97. The minimum atomic E-state index is -4.32. The molecule has 6 nitrogen and oxygen atoms in total. The lowest BCUT2D eigenvalue weighted by molar-refractivity contribution is -0.157. The zero-order valence-electron chi connectivity index (χ0n) is 34.5. The van der Waals surface area contributed by atoms with Gasteiger partial charge in [-0.05, 0) is 111 Å². The predicted molar refractivity (Wildman–Crippen MR) is 223 cm³/mol. The first-order chi connectivity index (χ1) is 27.7. The summed E-state index contributed by atoms with van der Waals surface area (Å²) in [7, 11) is 0. The van der Waals surface area contributed by atoms with Gasteiger partial charge in [-0.25, -0.2) is 14.3 Å². The summed E-state index contributed by atoms with van der Waals surface area (Å²) in [5.74, 6) is -4.51. The number of fused-ring (bicyclic) bond motifs is 5. The SMILES string of the molecule is CCCCC(CC)Cn1c2c(c3cc(C(=O)c4c(C)cc(C)cc4C)c4ccccc4c31)CC(C(CNOCC(C)=O)C1=C(OCC(F)(F)C(F)F)C=CCC1)C=C2. The number of carbonyl (C=O) groups excluding carboxylic acids is 2. The number of Topliss-reactive ketones (excluding diaryl/α,β-unsaturated/α-hetero) is 1. The zero-order valence-corrected chi connectivity index (χ0v) is 34.5. The van der Waals surface area contributed by atoms with E-state index in [1.54, 1.807) is 12.2 Å². The summed E-state index contributed by atoms with van der Waals surface area (Å²) < 4.78 is 62.6. The highest BCUT2D eigenvalue weighted by atomic mass is 19.3. The third kappa shape index (κ3) is 9.18. The van der Waals surface area contributed by atoms with Crippen molar-refractivity contribution in [3.05, 3.63) is 111 Å². The van der Waals surface area contributed by atoms with Crippen LogP contribution in [0.25, 0.3) is 27.8 Å². The molecule has 0 saturated carbocycles. The number of allylic oxidation sites excluding steroid dienone is 3. The Labute approximate surface area is 339 Å². The number of rotatable bonds is 19. The Morgan fingerprint density at radius 1 is 1.00 bits per heavy atom. The van der Waals surface area contributed by atoms with Crippen LogP contribution in [0.4, 0.5) is 17.6 Å². The van der Waals surface area contributed by atoms with Crippen LogP contribution in [0.15, 0.2) is 72.0 Å². The van der Waals surface area contributed by atoms with Crippen LogP contribution >= 0.6 is 0 Å². The number of unbranched alkanes of at least 4 members (excludes halogenated alkanes) is 1. The van der Waals surface area contributed by atoms with Gasteiger partial charge in [0.25, 0.3) is 0 Å². The van der Waals surface area contributed by atoms with Crippen LogP contribution in [0, 0.1) is 38.5 Å². The van der Waals surface area contributed by atoms with Crippen LogP contribution < -0.4 is 5.48 Å². The predicted octanol–water partition coefficient (Wildman–Crippen LogP) is 11.6. The van der Waals surface area contributed by atoms with Gasteiger partial charge in [-0.3, -0.25) is 14.4 Å². The number of halogens is 4. The van der Waals surface area contributed by atoms with Crippen molar-refractivity contribution >= 4 is 39.3 Å². The Morgan fingerprint density at radius 2 is 1.72 bits per heavy atom. The van der Waals surface area contributed by atoms with Gasteiger partial charge in [0, 0.05) is 46.6 Å². The number of benzene rings is 3. The molecular weight excluding hydrogens is 745 g/mol. The number of aromatic nitrogens is 1. The zero-order chi connectivity index (χ0) is 41.7. The molecule has 58 heavy (non-hydrogen) atoms. The molecule has 3 atom stereocenters. The summed E-state index contributed by atoms with van der Waals surface area (Å²) in [6.07, 6.45) is 9.80. The van der Waals surface area contributed by atoms with Gasteiger partial charge in [0.1, 0.15) is 12.4 Å². The first-order valence-electron chi connectivity index (χ1n) is 20.7. The Kier molecular flexibility index (Phi) is 13.8. The summed E-state index contributed by atoms with van der Waals surface area (Å²) in [4.78, 5) is 32.0. The van der Waals surface area contributed by atoms with Gasteiger partial charge in [0.15, 0.2) is 18.2 Å². The molecule has 2 aliphatic rings. The van der Waals surface area contributed by atoms with Gasteiger partial charge >= 0.3 is 12.3 Å². The molecule has 1 heterocycles. The minimum absolute atomic E-state index is 0.0295. The first-order valence-corrected chi connectivity index (χ1v) is 20.7. The smallest absolute Gasteiger partial charge is 0.340 e. The lowest BCUT2D eigenvalue weighted by Crippen LogP contribution is -2.34. The van der Waals surface area contributed by atoms with Crippen molar-refractivity contribution in [1.82, 2.24) is 10.0 Å². The molecule has 3 unspecified atom stereocenters. The fraction of sp³-hybridized carbons (Fsp3) is 0.458. The number of nitrogens with one attached hydrogen (secondary N) is 1. The second-order valence-electron chi connectivity index (χ2n) is 16.2. The van der Waals surface area contributed by atoms with Crippen LogP contribution in [0.1, 0.15) is 103 Å². The monoisotopic (exact) mass is 800 g/mol. The number of carbonyl (C=O) groups is 2. The van der Waals surface area contributed by atoms with Gasteiger partial charge in [-0.1, -0.05) is 87.2 Å². The van der Waals surface area contributed by atoms with Crippen molar-refractivity contribution in [2.24, 2.45) is 17.8 Å². The van der Waals surface area contributed by atoms with E-state index >= 15 is 0 Å². The highest BCUT2D eigenvalue weighted by Crippen LogP contribution is 2.43. The van der Waals surface area contributed by atoms with Crippen LogP contribution in [-0.4, -0.2) is 48.2 Å². The molecule has 10 heteroatoms. The van der Waals surface area contributed by atoms with Crippen molar-refractivity contribution in [1.29, 1.82) is 0 Å². The van der Waals surface area contributed by atoms with Crippen molar-refractivity contribution in [2.75, 3.05) is 19.8 Å². The third-order valence-electron chi connectivity index (χ3n) is 11.8. The summed E-state index contributed by atoms with van der Waals surface area (Å²) >= 11 is 0. The molecular formula is C48H56F4N2O4. The second kappa shape index (κ2) is 18.6. The lowest BCUT2D eigenvalue weighted by Gasteiger charge is -2.32. The molecule has 0 spiro atoms. The highest BCUT2D eigenvalue weighted by molar-refractivity contribution is 6.23. The molecule has 0 fully saturated rings. The normalized spacial score (nSPS) is 16.7. The summed E-state index contributed by atoms with van der Waals surface area (Å²) in [5.41, 5.74) is 11.2. The number of ketones is 2. The molecule has 0 saturated heterocycles. The molecule has 2 aliphatic carbocycles. The van der Waals surface area contributed by atoms with Gasteiger partial charge in [0.2, 0.25) is 0 Å². The average molecular weight is 801 g/mol. The number of hydrogen-bond donors (Lipinski definition) is 1. The van der Waals surface area contributed by atoms with Crippen LogP contribution in [-0.2, 0) is 27.3 Å². The average Bonchev–Trinajstić information content (AvgIpc) is 3.50. The Hall–Kier alpha value is -4.54. The van der Waals surface area contributed by atoms with Crippen molar-refractivity contribution in [3.63, 3.8) is 0 Å². The van der Waals surface area contributed by atoms with Gasteiger partial charge in [-0.2, -0.15) is 8.78 Å². The number of ether oxygens (including phenoxy) is 1. The maximum absolute atomic E-state index is 14.8.